The molecule has 0 aliphatic carbocycles. The van der Waals surface area contributed by atoms with Gasteiger partial charge in [0.2, 0.25) is 0 Å². The van der Waals surface area contributed by atoms with E-state index in [9.17, 15) is 0 Å². The normalized spacial score (nSPS) is 19.8. The van der Waals surface area contributed by atoms with Gasteiger partial charge in [-0.3, -0.25) is 0 Å². The van der Waals surface area contributed by atoms with Crippen molar-refractivity contribution in [2.45, 2.75) is 32.2 Å². The lowest BCUT2D eigenvalue weighted by atomic mass is 10.1. The number of pyridine rings is 1. The molecule has 1 saturated heterocycles. The standard InChI is InChI=1S/C12H14ClN3/c1-2-10-4-3-5-16(10)12-7-9(8-14)6-11(13)15-12/h6-7,10H,2-5H2,1H3. The van der Waals surface area contributed by atoms with Crippen LogP contribution in [-0.2, 0) is 0 Å². The van der Waals surface area contributed by atoms with Crippen LogP contribution in [0.15, 0.2) is 12.1 Å². The maximum atomic E-state index is 8.90. The first-order valence-corrected chi connectivity index (χ1v) is 5.96. The predicted molar refractivity (Wildman–Crippen MR) is 64.6 cm³/mol. The fourth-order valence-electron chi connectivity index (χ4n) is 2.26. The monoisotopic (exact) mass is 235 g/mol. The van der Waals surface area contributed by atoms with Gasteiger partial charge in [0.25, 0.3) is 0 Å². The highest BCUT2D eigenvalue weighted by Crippen LogP contribution is 2.27. The highest BCUT2D eigenvalue weighted by Gasteiger charge is 2.24. The Morgan fingerprint density at radius 3 is 3.12 bits per heavy atom. The summed E-state index contributed by atoms with van der Waals surface area (Å²) in [6.07, 6.45) is 3.50. The van der Waals surface area contributed by atoms with E-state index in [1.54, 1.807) is 6.07 Å². The maximum absolute atomic E-state index is 8.90. The zero-order valence-electron chi connectivity index (χ0n) is 9.28. The summed E-state index contributed by atoms with van der Waals surface area (Å²) in [6, 6.07) is 6.07. The molecular weight excluding hydrogens is 222 g/mol. The van der Waals surface area contributed by atoms with Crippen LogP contribution in [0.4, 0.5) is 5.82 Å². The minimum Gasteiger partial charge on any atom is -0.354 e. The smallest absolute Gasteiger partial charge is 0.132 e. The number of nitriles is 1. The van der Waals surface area contributed by atoms with Crippen LogP contribution < -0.4 is 4.90 Å². The molecule has 2 heterocycles. The molecule has 0 N–H and O–H groups in total. The topological polar surface area (TPSA) is 39.9 Å². The number of aromatic nitrogens is 1. The summed E-state index contributed by atoms with van der Waals surface area (Å²) in [6.45, 7) is 3.19. The average Bonchev–Trinajstić information content (AvgIpc) is 2.76. The predicted octanol–water partition coefficient (Wildman–Crippen LogP) is 2.99. The van der Waals surface area contributed by atoms with Crippen molar-refractivity contribution >= 4 is 17.4 Å². The number of hydrogen-bond acceptors (Lipinski definition) is 3. The Labute approximate surface area is 101 Å². The van der Waals surface area contributed by atoms with Gasteiger partial charge in [0.15, 0.2) is 0 Å². The lowest BCUT2D eigenvalue weighted by molar-refractivity contribution is 0.640. The Morgan fingerprint density at radius 2 is 2.44 bits per heavy atom. The van der Waals surface area contributed by atoms with E-state index in [2.05, 4.69) is 22.9 Å². The number of hydrogen-bond donors (Lipinski definition) is 0. The molecule has 0 radical (unpaired) electrons. The Morgan fingerprint density at radius 1 is 1.62 bits per heavy atom. The van der Waals surface area contributed by atoms with Crippen LogP contribution in [0.5, 0.6) is 0 Å². The summed E-state index contributed by atoms with van der Waals surface area (Å²) in [5, 5.41) is 9.30. The molecule has 0 amide bonds. The van der Waals surface area contributed by atoms with E-state index in [1.807, 2.05) is 6.07 Å². The molecule has 0 spiro atoms. The van der Waals surface area contributed by atoms with Crippen molar-refractivity contribution in [2.75, 3.05) is 11.4 Å². The van der Waals surface area contributed by atoms with Crippen LogP contribution >= 0.6 is 11.6 Å². The van der Waals surface area contributed by atoms with Crippen LogP contribution in [-0.4, -0.2) is 17.6 Å². The van der Waals surface area contributed by atoms with Crippen LogP contribution in [0.2, 0.25) is 5.15 Å². The molecular formula is C12H14ClN3. The molecule has 3 nitrogen and oxygen atoms in total. The minimum atomic E-state index is 0.399. The van der Waals surface area contributed by atoms with Gasteiger partial charge in [-0.15, -0.1) is 0 Å². The maximum Gasteiger partial charge on any atom is 0.132 e. The van der Waals surface area contributed by atoms with Crippen molar-refractivity contribution in [2.24, 2.45) is 0 Å². The van der Waals surface area contributed by atoms with Gasteiger partial charge in [-0.25, -0.2) is 4.98 Å². The third-order valence-corrected chi connectivity index (χ3v) is 3.25. The van der Waals surface area contributed by atoms with Gasteiger partial charge < -0.3 is 4.90 Å². The molecule has 1 unspecified atom stereocenters. The zero-order valence-corrected chi connectivity index (χ0v) is 10.0. The average molecular weight is 236 g/mol. The molecule has 4 heteroatoms. The Kier molecular flexibility index (Phi) is 3.31. The van der Waals surface area contributed by atoms with Gasteiger partial charge in [0, 0.05) is 12.6 Å². The second-order valence-corrected chi connectivity index (χ2v) is 4.43. The second kappa shape index (κ2) is 4.71. The Balaban J connectivity index is 2.33. The summed E-state index contributed by atoms with van der Waals surface area (Å²) in [4.78, 5) is 6.56. The van der Waals surface area contributed by atoms with E-state index in [0.29, 0.717) is 16.8 Å². The van der Waals surface area contributed by atoms with Crippen LogP contribution in [0.25, 0.3) is 0 Å². The van der Waals surface area contributed by atoms with Crippen molar-refractivity contribution in [3.8, 4) is 6.07 Å². The Hall–Kier alpha value is -1.27. The van der Waals surface area contributed by atoms with Crippen LogP contribution in [0.3, 0.4) is 0 Å². The summed E-state index contributed by atoms with van der Waals surface area (Å²) < 4.78 is 0. The van der Waals surface area contributed by atoms with Gasteiger partial charge >= 0.3 is 0 Å². The van der Waals surface area contributed by atoms with Crippen molar-refractivity contribution in [1.29, 1.82) is 5.26 Å². The van der Waals surface area contributed by atoms with Gasteiger partial charge in [-0.2, -0.15) is 5.26 Å². The third kappa shape index (κ3) is 2.12. The second-order valence-electron chi connectivity index (χ2n) is 4.05. The molecule has 1 aromatic rings. The van der Waals surface area contributed by atoms with Gasteiger partial charge in [0.1, 0.15) is 11.0 Å². The number of halogens is 1. The minimum absolute atomic E-state index is 0.399. The lowest BCUT2D eigenvalue weighted by Gasteiger charge is -2.24. The quantitative estimate of drug-likeness (QED) is 0.740. The van der Waals surface area contributed by atoms with Crippen molar-refractivity contribution in [3.63, 3.8) is 0 Å². The molecule has 0 bridgehead atoms. The van der Waals surface area contributed by atoms with Crippen molar-refractivity contribution in [1.82, 2.24) is 4.98 Å². The number of rotatable bonds is 2. The largest absolute Gasteiger partial charge is 0.354 e. The van der Waals surface area contributed by atoms with Crippen LogP contribution in [0.1, 0.15) is 31.7 Å². The highest BCUT2D eigenvalue weighted by molar-refractivity contribution is 6.29. The summed E-state index contributed by atoms with van der Waals surface area (Å²) in [5.74, 6) is 0.841. The summed E-state index contributed by atoms with van der Waals surface area (Å²) in [5.41, 5.74) is 0.580. The van der Waals surface area contributed by atoms with Crippen molar-refractivity contribution < 1.29 is 0 Å². The van der Waals surface area contributed by atoms with E-state index in [0.717, 1.165) is 18.8 Å². The molecule has 0 saturated carbocycles. The van der Waals surface area contributed by atoms with Crippen LogP contribution in [0, 0.1) is 11.3 Å². The van der Waals surface area contributed by atoms with E-state index < -0.39 is 0 Å². The molecule has 1 aliphatic rings. The fourth-order valence-corrected chi connectivity index (χ4v) is 2.46. The van der Waals surface area contributed by atoms with E-state index in [1.165, 1.54) is 12.8 Å². The third-order valence-electron chi connectivity index (χ3n) is 3.05. The molecule has 1 aliphatic heterocycles. The van der Waals surface area contributed by atoms with Gasteiger partial charge in [-0.1, -0.05) is 18.5 Å². The molecule has 2 rings (SSSR count). The van der Waals surface area contributed by atoms with E-state index in [4.69, 9.17) is 16.9 Å². The Bertz CT molecular complexity index is 425. The molecule has 0 aromatic carbocycles. The zero-order chi connectivity index (χ0) is 11.5. The first-order valence-electron chi connectivity index (χ1n) is 5.59. The van der Waals surface area contributed by atoms with Gasteiger partial charge in [0.05, 0.1) is 11.6 Å². The van der Waals surface area contributed by atoms with E-state index >= 15 is 0 Å². The molecule has 84 valence electrons. The first kappa shape index (κ1) is 11.2. The molecule has 1 atom stereocenters. The lowest BCUT2D eigenvalue weighted by Crippen LogP contribution is -2.29. The van der Waals surface area contributed by atoms with Gasteiger partial charge in [-0.05, 0) is 31.4 Å². The van der Waals surface area contributed by atoms with E-state index in [-0.39, 0.29) is 0 Å². The molecule has 1 fully saturated rings. The summed E-state index contributed by atoms with van der Waals surface area (Å²) >= 11 is 5.91. The summed E-state index contributed by atoms with van der Waals surface area (Å²) in [7, 11) is 0. The molecule has 16 heavy (non-hydrogen) atoms. The highest BCUT2D eigenvalue weighted by atomic mass is 35.5. The van der Waals surface area contributed by atoms with Crippen molar-refractivity contribution in [3.05, 3.63) is 22.8 Å². The fraction of sp³-hybridized carbons (Fsp3) is 0.500. The SMILES string of the molecule is CCC1CCCN1c1cc(C#N)cc(Cl)n1. The first-order chi connectivity index (χ1) is 7.74. The number of anilines is 1. The molecule has 1 aromatic heterocycles. The number of nitrogens with zero attached hydrogens (tertiary/aromatic N) is 3.